The first-order valence-corrected chi connectivity index (χ1v) is 6.60. The van der Waals surface area contributed by atoms with Gasteiger partial charge in [-0.25, -0.2) is 4.79 Å². The number of nitrogens with zero attached hydrogens (tertiary/aromatic N) is 1. The highest BCUT2D eigenvalue weighted by atomic mass is 16.6. The van der Waals surface area contributed by atoms with E-state index >= 15 is 0 Å². The quantitative estimate of drug-likeness (QED) is 0.854. The van der Waals surface area contributed by atoms with Crippen LogP contribution in [0.5, 0.6) is 5.75 Å². The van der Waals surface area contributed by atoms with Crippen molar-refractivity contribution in [2.45, 2.75) is 19.4 Å². The lowest BCUT2D eigenvalue weighted by molar-refractivity contribution is 0.137. The topological polar surface area (TPSA) is 50.8 Å². The van der Waals surface area contributed by atoms with Crippen molar-refractivity contribution >= 4 is 11.8 Å². The Morgan fingerprint density at radius 2 is 2.16 bits per heavy atom. The lowest BCUT2D eigenvalue weighted by Crippen LogP contribution is -2.25. The molecule has 1 aliphatic heterocycles. The van der Waals surface area contributed by atoms with Crippen LogP contribution >= 0.6 is 0 Å². The molecule has 1 N–H and O–H groups in total. The predicted molar refractivity (Wildman–Crippen MR) is 73.8 cm³/mol. The fraction of sp³-hybridized carbons (Fsp3) is 0.500. The highest BCUT2D eigenvalue weighted by Gasteiger charge is 2.31. The van der Waals surface area contributed by atoms with E-state index in [4.69, 9.17) is 9.47 Å². The number of hydrogen-bond donors (Lipinski definition) is 1. The molecule has 1 unspecified atom stereocenters. The second-order valence-corrected chi connectivity index (χ2v) is 4.44. The van der Waals surface area contributed by atoms with Gasteiger partial charge in [0.05, 0.1) is 13.2 Å². The summed E-state index contributed by atoms with van der Waals surface area (Å²) in [5, 5.41) is 3.06. The van der Waals surface area contributed by atoms with Gasteiger partial charge in [-0.1, -0.05) is 0 Å². The van der Waals surface area contributed by atoms with Crippen LogP contribution in [0.4, 0.5) is 10.5 Å². The van der Waals surface area contributed by atoms with Crippen LogP contribution in [0.2, 0.25) is 0 Å². The minimum atomic E-state index is -0.273. The molecule has 104 valence electrons. The monoisotopic (exact) mass is 264 g/mol. The van der Waals surface area contributed by atoms with Gasteiger partial charge >= 0.3 is 6.09 Å². The summed E-state index contributed by atoms with van der Waals surface area (Å²) in [5.74, 6) is 0.811. The summed E-state index contributed by atoms with van der Waals surface area (Å²) in [6, 6.07) is 7.50. The van der Waals surface area contributed by atoms with Gasteiger partial charge in [-0.3, -0.25) is 4.90 Å². The normalized spacial score (nSPS) is 18.5. The SMILES string of the molecule is CCOc1ccc(N2CC(CCNC)OC2=O)cc1. The molecule has 1 amide bonds. The van der Waals surface area contributed by atoms with Gasteiger partial charge in [0.15, 0.2) is 0 Å². The van der Waals surface area contributed by atoms with Crippen LogP contribution < -0.4 is 15.0 Å². The third-order valence-corrected chi connectivity index (χ3v) is 3.05. The van der Waals surface area contributed by atoms with E-state index in [0.29, 0.717) is 13.2 Å². The summed E-state index contributed by atoms with van der Waals surface area (Å²) < 4.78 is 10.7. The Morgan fingerprint density at radius 1 is 1.42 bits per heavy atom. The van der Waals surface area contributed by atoms with Crippen molar-refractivity contribution in [1.82, 2.24) is 5.32 Å². The maximum Gasteiger partial charge on any atom is 0.414 e. The van der Waals surface area contributed by atoms with Crippen molar-refractivity contribution in [3.63, 3.8) is 0 Å². The van der Waals surface area contributed by atoms with E-state index in [0.717, 1.165) is 24.4 Å². The molecule has 1 aromatic carbocycles. The summed E-state index contributed by atoms with van der Waals surface area (Å²) >= 11 is 0. The molecule has 0 aliphatic carbocycles. The minimum Gasteiger partial charge on any atom is -0.494 e. The number of carbonyl (C=O) groups is 1. The summed E-state index contributed by atoms with van der Waals surface area (Å²) in [6.45, 7) is 4.03. The maximum absolute atomic E-state index is 11.8. The molecule has 19 heavy (non-hydrogen) atoms. The smallest absolute Gasteiger partial charge is 0.414 e. The lowest BCUT2D eigenvalue weighted by atomic mass is 10.2. The predicted octanol–water partition coefficient (Wildman–Crippen LogP) is 2.02. The molecule has 1 aliphatic rings. The summed E-state index contributed by atoms with van der Waals surface area (Å²) in [5.41, 5.74) is 0.848. The molecule has 0 radical (unpaired) electrons. The third kappa shape index (κ3) is 3.38. The zero-order chi connectivity index (χ0) is 13.7. The Morgan fingerprint density at radius 3 is 2.79 bits per heavy atom. The van der Waals surface area contributed by atoms with Crippen LogP contribution in [0.3, 0.4) is 0 Å². The Balaban J connectivity index is 1.99. The van der Waals surface area contributed by atoms with Gasteiger partial charge in [-0.15, -0.1) is 0 Å². The van der Waals surface area contributed by atoms with E-state index < -0.39 is 0 Å². The van der Waals surface area contributed by atoms with Crippen LogP contribution in [0.15, 0.2) is 24.3 Å². The van der Waals surface area contributed by atoms with Crippen molar-refractivity contribution in [1.29, 1.82) is 0 Å². The standard InChI is InChI=1S/C14H20N2O3/c1-3-18-12-6-4-11(5-7-12)16-10-13(8-9-15-2)19-14(16)17/h4-7,13,15H,3,8-10H2,1-2H3. The number of nitrogens with one attached hydrogen (secondary N) is 1. The second kappa shape index (κ2) is 6.43. The van der Waals surface area contributed by atoms with Crippen LogP contribution in [0.25, 0.3) is 0 Å². The Hall–Kier alpha value is -1.75. The number of hydrogen-bond acceptors (Lipinski definition) is 4. The second-order valence-electron chi connectivity index (χ2n) is 4.44. The molecule has 1 saturated heterocycles. The fourth-order valence-electron chi connectivity index (χ4n) is 2.08. The highest BCUT2D eigenvalue weighted by molar-refractivity contribution is 5.89. The van der Waals surface area contributed by atoms with Crippen molar-refractivity contribution in [3.05, 3.63) is 24.3 Å². The Labute approximate surface area is 113 Å². The number of carbonyl (C=O) groups excluding carboxylic acids is 1. The molecular formula is C14H20N2O3. The molecular weight excluding hydrogens is 244 g/mol. The molecule has 5 nitrogen and oxygen atoms in total. The van der Waals surface area contributed by atoms with E-state index in [1.807, 2.05) is 38.2 Å². The van der Waals surface area contributed by atoms with Gasteiger partial charge in [0.25, 0.3) is 0 Å². The highest BCUT2D eigenvalue weighted by Crippen LogP contribution is 2.24. The van der Waals surface area contributed by atoms with Crippen molar-refractivity contribution in [3.8, 4) is 5.75 Å². The Bertz CT molecular complexity index is 419. The molecule has 0 aromatic heterocycles. The first-order chi connectivity index (χ1) is 9.24. The van der Waals surface area contributed by atoms with Gasteiger partial charge in [0, 0.05) is 5.69 Å². The average Bonchev–Trinajstić information content (AvgIpc) is 2.79. The number of ether oxygens (including phenoxy) is 2. The molecule has 1 heterocycles. The number of rotatable bonds is 6. The molecule has 5 heteroatoms. The largest absolute Gasteiger partial charge is 0.494 e. The molecule has 2 rings (SSSR count). The third-order valence-electron chi connectivity index (χ3n) is 3.05. The van der Waals surface area contributed by atoms with Crippen LogP contribution in [-0.4, -0.2) is 38.9 Å². The molecule has 0 bridgehead atoms. The van der Waals surface area contributed by atoms with Crippen molar-refractivity contribution in [2.75, 3.05) is 31.6 Å². The fourth-order valence-corrected chi connectivity index (χ4v) is 2.08. The maximum atomic E-state index is 11.8. The summed E-state index contributed by atoms with van der Waals surface area (Å²) in [4.78, 5) is 13.5. The zero-order valence-corrected chi connectivity index (χ0v) is 11.4. The minimum absolute atomic E-state index is 0.0356. The summed E-state index contributed by atoms with van der Waals surface area (Å²) in [6.07, 6.45) is 0.521. The number of cyclic esters (lactones) is 1. The van der Waals surface area contributed by atoms with Crippen LogP contribution in [0.1, 0.15) is 13.3 Å². The van der Waals surface area contributed by atoms with Crippen molar-refractivity contribution < 1.29 is 14.3 Å². The van der Waals surface area contributed by atoms with Gasteiger partial charge < -0.3 is 14.8 Å². The number of amides is 1. The van der Waals surface area contributed by atoms with Crippen LogP contribution in [0, 0.1) is 0 Å². The van der Waals surface area contributed by atoms with Crippen LogP contribution in [-0.2, 0) is 4.74 Å². The Kier molecular flexibility index (Phi) is 4.63. The van der Waals surface area contributed by atoms with Crippen molar-refractivity contribution in [2.24, 2.45) is 0 Å². The van der Waals surface area contributed by atoms with E-state index in [-0.39, 0.29) is 12.2 Å². The molecule has 0 spiro atoms. The van der Waals surface area contributed by atoms with E-state index in [2.05, 4.69) is 5.32 Å². The van der Waals surface area contributed by atoms with Gasteiger partial charge in [0.2, 0.25) is 0 Å². The molecule has 1 fully saturated rings. The van der Waals surface area contributed by atoms with E-state index in [9.17, 15) is 4.79 Å². The first-order valence-electron chi connectivity index (χ1n) is 6.60. The number of anilines is 1. The molecule has 0 saturated carbocycles. The molecule has 1 atom stereocenters. The lowest BCUT2D eigenvalue weighted by Gasteiger charge is -2.13. The van der Waals surface area contributed by atoms with Gasteiger partial charge in [-0.05, 0) is 51.2 Å². The van der Waals surface area contributed by atoms with E-state index in [1.165, 1.54) is 0 Å². The molecule has 1 aromatic rings. The summed E-state index contributed by atoms with van der Waals surface area (Å²) in [7, 11) is 1.89. The first kappa shape index (κ1) is 13.7. The van der Waals surface area contributed by atoms with E-state index in [1.54, 1.807) is 4.90 Å². The number of benzene rings is 1. The zero-order valence-electron chi connectivity index (χ0n) is 11.4. The average molecular weight is 264 g/mol. The van der Waals surface area contributed by atoms with Gasteiger partial charge in [-0.2, -0.15) is 0 Å². The van der Waals surface area contributed by atoms with Gasteiger partial charge in [0.1, 0.15) is 11.9 Å².